The molecular formula is C21H31N3O3. The van der Waals surface area contributed by atoms with Gasteiger partial charge in [0.25, 0.3) is 0 Å². The van der Waals surface area contributed by atoms with E-state index in [1.165, 1.54) is 12.8 Å². The molecule has 3 rings (SSSR count). The lowest BCUT2D eigenvalue weighted by Crippen LogP contribution is -2.49. The molecule has 2 N–H and O–H groups in total. The van der Waals surface area contributed by atoms with Crippen molar-refractivity contribution >= 4 is 17.6 Å². The summed E-state index contributed by atoms with van der Waals surface area (Å²) in [5.74, 6) is 0.733. The zero-order chi connectivity index (χ0) is 19.8. The highest BCUT2D eigenvalue weighted by atomic mass is 16.3. The highest BCUT2D eigenvalue weighted by Gasteiger charge is 2.29. The second-order valence-electron chi connectivity index (χ2n) is 8.99. The summed E-state index contributed by atoms with van der Waals surface area (Å²) >= 11 is 0. The van der Waals surface area contributed by atoms with Gasteiger partial charge in [0.15, 0.2) is 0 Å². The lowest BCUT2D eigenvalue weighted by Gasteiger charge is -2.33. The first-order chi connectivity index (χ1) is 12.6. The van der Waals surface area contributed by atoms with E-state index in [1.54, 1.807) is 4.90 Å². The molecule has 1 unspecified atom stereocenters. The Balaban J connectivity index is 1.96. The van der Waals surface area contributed by atoms with Gasteiger partial charge in [-0.2, -0.15) is 0 Å². The Morgan fingerprint density at radius 3 is 2.59 bits per heavy atom. The van der Waals surface area contributed by atoms with Crippen LogP contribution in [-0.2, 0) is 16.8 Å². The summed E-state index contributed by atoms with van der Waals surface area (Å²) in [5, 5.41) is 13.3. The lowest BCUT2D eigenvalue weighted by molar-refractivity contribution is -0.120. The topological polar surface area (TPSA) is 72.9 Å². The van der Waals surface area contributed by atoms with Gasteiger partial charge in [0, 0.05) is 42.9 Å². The van der Waals surface area contributed by atoms with E-state index in [-0.39, 0.29) is 17.7 Å². The molecule has 2 heterocycles. The SMILES string of the molecule is CC1CCCN(Cc2cc(N3CCC(=O)NC3=O)cc(C(C)(C)C)c2O)C1. The first kappa shape index (κ1) is 19.7. The van der Waals surface area contributed by atoms with E-state index in [0.717, 1.165) is 29.9 Å². The Morgan fingerprint density at radius 2 is 1.96 bits per heavy atom. The number of nitrogens with one attached hydrogen (secondary N) is 1. The van der Waals surface area contributed by atoms with Crippen molar-refractivity contribution in [1.82, 2.24) is 10.2 Å². The zero-order valence-corrected chi connectivity index (χ0v) is 16.8. The van der Waals surface area contributed by atoms with E-state index in [4.69, 9.17) is 0 Å². The fourth-order valence-corrected chi connectivity index (χ4v) is 4.01. The molecule has 0 bridgehead atoms. The third-order valence-corrected chi connectivity index (χ3v) is 5.48. The van der Waals surface area contributed by atoms with Crippen LogP contribution in [0.15, 0.2) is 12.1 Å². The molecule has 0 saturated carbocycles. The number of likely N-dealkylation sites (tertiary alicyclic amines) is 1. The molecule has 27 heavy (non-hydrogen) atoms. The molecule has 2 aliphatic rings. The van der Waals surface area contributed by atoms with Crippen molar-refractivity contribution in [2.24, 2.45) is 5.92 Å². The van der Waals surface area contributed by atoms with E-state index in [1.807, 2.05) is 12.1 Å². The van der Waals surface area contributed by atoms with Crippen LogP contribution in [0.3, 0.4) is 0 Å². The number of phenolic OH excluding ortho intramolecular Hbond substituents is 1. The molecule has 2 aliphatic heterocycles. The van der Waals surface area contributed by atoms with E-state index < -0.39 is 6.03 Å². The molecular weight excluding hydrogens is 342 g/mol. The highest BCUT2D eigenvalue weighted by Crippen LogP contribution is 2.38. The van der Waals surface area contributed by atoms with Gasteiger partial charge in [-0.15, -0.1) is 0 Å². The van der Waals surface area contributed by atoms with Crippen molar-refractivity contribution in [1.29, 1.82) is 0 Å². The van der Waals surface area contributed by atoms with Crippen LogP contribution >= 0.6 is 0 Å². The van der Waals surface area contributed by atoms with Crippen LogP contribution < -0.4 is 10.2 Å². The van der Waals surface area contributed by atoms with Gasteiger partial charge in [-0.25, -0.2) is 4.79 Å². The molecule has 1 aromatic rings. The summed E-state index contributed by atoms with van der Waals surface area (Å²) in [6.45, 7) is 11.5. The Labute approximate surface area is 161 Å². The average Bonchev–Trinajstić information content (AvgIpc) is 2.56. The molecule has 2 saturated heterocycles. The molecule has 0 spiro atoms. The van der Waals surface area contributed by atoms with Crippen LogP contribution in [0, 0.1) is 5.92 Å². The second kappa shape index (κ2) is 7.50. The summed E-state index contributed by atoms with van der Waals surface area (Å²) in [7, 11) is 0. The number of anilines is 1. The quantitative estimate of drug-likeness (QED) is 0.852. The molecule has 3 amide bonds. The number of rotatable bonds is 3. The Kier molecular flexibility index (Phi) is 5.47. The van der Waals surface area contributed by atoms with Gasteiger partial charge in [0.05, 0.1) is 0 Å². The van der Waals surface area contributed by atoms with E-state index in [9.17, 15) is 14.7 Å². The Morgan fingerprint density at radius 1 is 1.22 bits per heavy atom. The summed E-state index contributed by atoms with van der Waals surface area (Å²) in [4.78, 5) is 27.8. The monoisotopic (exact) mass is 373 g/mol. The van der Waals surface area contributed by atoms with Crippen LogP contribution in [0.1, 0.15) is 58.1 Å². The third kappa shape index (κ3) is 4.43. The molecule has 1 aromatic carbocycles. The maximum atomic E-state index is 12.3. The number of hydrogen-bond donors (Lipinski definition) is 2. The molecule has 6 nitrogen and oxygen atoms in total. The van der Waals surface area contributed by atoms with Gasteiger partial charge in [-0.05, 0) is 42.9 Å². The van der Waals surface area contributed by atoms with Crippen molar-refractivity contribution in [3.63, 3.8) is 0 Å². The van der Waals surface area contributed by atoms with Crippen molar-refractivity contribution in [3.8, 4) is 5.75 Å². The van der Waals surface area contributed by atoms with Crippen molar-refractivity contribution in [2.75, 3.05) is 24.5 Å². The standard InChI is InChI=1S/C21H31N3O3/c1-14-6-5-8-23(12-14)13-15-10-16(11-17(19(15)26)21(2,3)4)24-9-7-18(25)22-20(24)27/h10-11,14,26H,5-9,12-13H2,1-4H3,(H,22,25,27). The normalized spacial score (nSPS) is 22.1. The van der Waals surface area contributed by atoms with Crippen LogP contribution in [-0.4, -0.2) is 41.6 Å². The van der Waals surface area contributed by atoms with Gasteiger partial charge < -0.3 is 5.11 Å². The predicted octanol–water partition coefficient (Wildman–Crippen LogP) is 3.37. The zero-order valence-electron chi connectivity index (χ0n) is 16.8. The predicted molar refractivity (Wildman–Crippen MR) is 106 cm³/mol. The van der Waals surface area contributed by atoms with Crippen molar-refractivity contribution < 1.29 is 14.7 Å². The van der Waals surface area contributed by atoms with E-state index >= 15 is 0 Å². The summed E-state index contributed by atoms with van der Waals surface area (Å²) in [5.41, 5.74) is 2.15. The largest absolute Gasteiger partial charge is 0.507 e. The van der Waals surface area contributed by atoms with Gasteiger partial charge in [-0.1, -0.05) is 27.7 Å². The third-order valence-electron chi connectivity index (χ3n) is 5.48. The fraction of sp³-hybridized carbons (Fsp3) is 0.619. The number of aromatic hydroxyl groups is 1. The van der Waals surface area contributed by atoms with Crippen LogP contribution in [0.5, 0.6) is 5.75 Å². The van der Waals surface area contributed by atoms with E-state index in [2.05, 4.69) is 37.9 Å². The number of imide groups is 1. The minimum absolute atomic E-state index is 0.242. The maximum Gasteiger partial charge on any atom is 0.328 e. The van der Waals surface area contributed by atoms with Crippen molar-refractivity contribution in [2.45, 2.75) is 58.9 Å². The minimum Gasteiger partial charge on any atom is -0.507 e. The number of urea groups is 1. The number of amides is 3. The maximum absolute atomic E-state index is 12.3. The van der Waals surface area contributed by atoms with Gasteiger partial charge in [0.1, 0.15) is 5.75 Å². The number of nitrogens with zero attached hydrogens (tertiary/aromatic N) is 2. The number of phenols is 1. The molecule has 2 fully saturated rings. The summed E-state index contributed by atoms with van der Waals surface area (Å²) < 4.78 is 0. The number of hydrogen-bond acceptors (Lipinski definition) is 4. The van der Waals surface area contributed by atoms with Gasteiger partial charge in [-0.3, -0.25) is 19.9 Å². The second-order valence-corrected chi connectivity index (χ2v) is 8.99. The fourth-order valence-electron chi connectivity index (χ4n) is 4.01. The van der Waals surface area contributed by atoms with Crippen LogP contribution in [0.25, 0.3) is 0 Å². The number of piperidine rings is 1. The first-order valence-corrected chi connectivity index (χ1v) is 9.85. The highest BCUT2D eigenvalue weighted by molar-refractivity contribution is 6.05. The molecule has 0 aromatic heterocycles. The summed E-state index contributed by atoms with van der Waals surface area (Å²) in [6.07, 6.45) is 2.71. The van der Waals surface area contributed by atoms with Crippen LogP contribution in [0.2, 0.25) is 0 Å². The van der Waals surface area contributed by atoms with Gasteiger partial charge in [0.2, 0.25) is 5.91 Å². The van der Waals surface area contributed by atoms with E-state index in [0.29, 0.717) is 24.8 Å². The Hall–Kier alpha value is -2.08. The lowest BCUT2D eigenvalue weighted by atomic mass is 9.84. The Bertz CT molecular complexity index is 739. The minimum atomic E-state index is -0.394. The van der Waals surface area contributed by atoms with Crippen molar-refractivity contribution in [3.05, 3.63) is 23.3 Å². The average molecular weight is 373 g/mol. The molecule has 148 valence electrons. The smallest absolute Gasteiger partial charge is 0.328 e. The van der Waals surface area contributed by atoms with Crippen LogP contribution in [0.4, 0.5) is 10.5 Å². The molecule has 0 aliphatic carbocycles. The summed E-state index contributed by atoms with van der Waals surface area (Å²) in [6, 6.07) is 3.39. The van der Waals surface area contributed by atoms with Gasteiger partial charge >= 0.3 is 6.03 Å². The molecule has 1 atom stereocenters. The molecule has 0 radical (unpaired) electrons. The number of carbonyl (C=O) groups excluding carboxylic acids is 2. The first-order valence-electron chi connectivity index (χ1n) is 9.85. The number of benzene rings is 1. The number of carbonyl (C=O) groups is 2. The molecule has 6 heteroatoms.